The Balaban J connectivity index is 1.84. The van der Waals surface area contributed by atoms with Crippen molar-refractivity contribution in [2.75, 3.05) is 12.4 Å². The molecule has 4 aromatic rings. The monoisotopic (exact) mass is 368 g/mol. The van der Waals surface area contributed by atoms with Gasteiger partial charge in [-0.25, -0.2) is 14.8 Å². The van der Waals surface area contributed by atoms with Crippen LogP contribution in [0.15, 0.2) is 66.9 Å². The standard InChI is InChI=1S/C22H16N4O2/c1-23-22-25-20-17(21(27)28)8-5-9-18(20)26(22)19-14-16(12-13-24-19)11-10-15-6-3-2-4-7-15/h2-9,12-14H,1H3,(H,23,25)(H,27,28). The molecule has 0 saturated carbocycles. The lowest BCUT2D eigenvalue weighted by atomic mass is 10.2. The highest BCUT2D eigenvalue weighted by molar-refractivity contribution is 6.02. The second kappa shape index (κ2) is 7.25. The van der Waals surface area contributed by atoms with Gasteiger partial charge in [-0.2, -0.15) is 0 Å². The number of rotatable bonds is 3. The lowest BCUT2D eigenvalue weighted by Gasteiger charge is -2.08. The number of para-hydroxylation sites is 1. The third kappa shape index (κ3) is 3.17. The number of hydrogen-bond donors (Lipinski definition) is 2. The van der Waals surface area contributed by atoms with E-state index in [4.69, 9.17) is 0 Å². The molecule has 2 aromatic carbocycles. The lowest BCUT2D eigenvalue weighted by molar-refractivity contribution is 0.0699. The maximum Gasteiger partial charge on any atom is 0.337 e. The summed E-state index contributed by atoms with van der Waals surface area (Å²) in [6, 6.07) is 18.5. The molecule has 4 rings (SSSR count). The Hall–Kier alpha value is -4.11. The molecule has 0 spiro atoms. The fraction of sp³-hybridized carbons (Fsp3) is 0.0455. The number of aromatic nitrogens is 3. The maximum absolute atomic E-state index is 11.5. The average Bonchev–Trinajstić information content (AvgIpc) is 3.12. The third-order valence-electron chi connectivity index (χ3n) is 4.24. The minimum atomic E-state index is -1.02. The van der Waals surface area contributed by atoms with Gasteiger partial charge in [0.05, 0.1) is 11.1 Å². The number of carbonyl (C=O) groups is 1. The normalized spacial score (nSPS) is 10.3. The van der Waals surface area contributed by atoms with Crippen LogP contribution in [0.5, 0.6) is 0 Å². The Morgan fingerprint density at radius 1 is 1.04 bits per heavy atom. The fourth-order valence-electron chi connectivity index (χ4n) is 2.96. The quantitative estimate of drug-likeness (QED) is 0.541. The van der Waals surface area contributed by atoms with Crippen LogP contribution in [0, 0.1) is 11.8 Å². The van der Waals surface area contributed by atoms with E-state index < -0.39 is 5.97 Å². The zero-order valence-electron chi connectivity index (χ0n) is 15.0. The first-order valence-corrected chi connectivity index (χ1v) is 8.63. The third-order valence-corrected chi connectivity index (χ3v) is 4.24. The zero-order chi connectivity index (χ0) is 19.5. The summed E-state index contributed by atoms with van der Waals surface area (Å²) in [7, 11) is 1.73. The Kier molecular flexibility index (Phi) is 4.48. The summed E-state index contributed by atoms with van der Waals surface area (Å²) in [5.74, 6) is 6.36. The summed E-state index contributed by atoms with van der Waals surface area (Å²) in [6.07, 6.45) is 1.68. The summed E-state index contributed by atoms with van der Waals surface area (Å²) >= 11 is 0. The molecule has 0 fully saturated rings. The number of nitrogens with zero attached hydrogens (tertiary/aromatic N) is 3. The van der Waals surface area contributed by atoms with Crippen molar-refractivity contribution in [3.63, 3.8) is 0 Å². The van der Waals surface area contributed by atoms with Crippen LogP contribution in [0.2, 0.25) is 0 Å². The van der Waals surface area contributed by atoms with Gasteiger partial charge < -0.3 is 10.4 Å². The molecule has 136 valence electrons. The van der Waals surface area contributed by atoms with E-state index >= 15 is 0 Å². The Morgan fingerprint density at radius 2 is 1.82 bits per heavy atom. The number of benzene rings is 2. The predicted molar refractivity (Wildman–Crippen MR) is 108 cm³/mol. The number of pyridine rings is 1. The van der Waals surface area contributed by atoms with Crippen LogP contribution in [0.4, 0.5) is 5.95 Å². The minimum absolute atomic E-state index is 0.146. The SMILES string of the molecule is CNc1nc2c(C(=O)O)cccc2n1-c1cc(C#Cc2ccccc2)ccn1. The molecule has 2 N–H and O–H groups in total. The minimum Gasteiger partial charge on any atom is -0.478 e. The van der Waals surface area contributed by atoms with Crippen LogP contribution in [0.25, 0.3) is 16.9 Å². The van der Waals surface area contributed by atoms with Gasteiger partial charge in [0, 0.05) is 24.4 Å². The largest absolute Gasteiger partial charge is 0.478 e. The second-order valence-corrected chi connectivity index (χ2v) is 6.02. The molecule has 28 heavy (non-hydrogen) atoms. The van der Waals surface area contributed by atoms with Gasteiger partial charge in [0.1, 0.15) is 11.3 Å². The highest BCUT2D eigenvalue weighted by Crippen LogP contribution is 2.26. The number of anilines is 1. The van der Waals surface area contributed by atoms with Crippen LogP contribution in [-0.2, 0) is 0 Å². The van der Waals surface area contributed by atoms with E-state index in [0.717, 1.165) is 11.1 Å². The summed E-state index contributed by atoms with van der Waals surface area (Å²) < 4.78 is 1.79. The van der Waals surface area contributed by atoms with Crippen LogP contribution < -0.4 is 5.32 Å². The number of carboxylic acid groups (broad SMARTS) is 1. The smallest absolute Gasteiger partial charge is 0.337 e. The molecule has 0 aliphatic carbocycles. The number of aromatic carboxylic acids is 1. The molecule has 0 radical (unpaired) electrons. The van der Waals surface area contributed by atoms with Gasteiger partial charge in [-0.15, -0.1) is 0 Å². The molecule has 2 heterocycles. The molecule has 0 unspecified atom stereocenters. The van der Waals surface area contributed by atoms with E-state index in [1.165, 1.54) is 6.07 Å². The number of carboxylic acids is 1. The molecule has 0 aliphatic rings. The molecule has 2 aromatic heterocycles. The highest BCUT2D eigenvalue weighted by Gasteiger charge is 2.18. The van der Waals surface area contributed by atoms with Crippen molar-refractivity contribution in [3.05, 3.63) is 83.6 Å². The van der Waals surface area contributed by atoms with Crippen molar-refractivity contribution in [2.45, 2.75) is 0 Å². The molecule has 0 saturated heterocycles. The molecular weight excluding hydrogens is 352 g/mol. The maximum atomic E-state index is 11.5. The Labute approximate surface area is 161 Å². The van der Waals surface area contributed by atoms with E-state index in [0.29, 0.717) is 22.8 Å². The van der Waals surface area contributed by atoms with Crippen LogP contribution >= 0.6 is 0 Å². The summed E-state index contributed by atoms with van der Waals surface area (Å²) in [4.78, 5) is 20.4. The van der Waals surface area contributed by atoms with Gasteiger partial charge in [0.25, 0.3) is 0 Å². The number of fused-ring (bicyclic) bond motifs is 1. The number of hydrogen-bond acceptors (Lipinski definition) is 4. The van der Waals surface area contributed by atoms with Crippen molar-refractivity contribution in [1.29, 1.82) is 0 Å². The van der Waals surface area contributed by atoms with Crippen LogP contribution in [-0.4, -0.2) is 32.7 Å². The molecular formula is C22H16N4O2. The fourth-order valence-corrected chi connectivity index (χ4v) is 2.96. The molecule has 0 bridgehead atoms. The van der Waals surface area contributed by atoms with Gasteiger partial charge in [0.2, 0.25) is 5.95 Å². The lowest BCUT2D eigenvalue weighted by Crippen LogP contribution is -2.03. The van der Waals surface area contributed by atoms with Crippen molar-refractivity contribution >= 4 is 23.0 Å². The van der Waals surface area contributed by atoms with E-state index in [-0.39, 0.29) is 5.56 Å². The van der Waals surface area contributed by atoms with Crippen LogP contribution in [0.3, 0.4) is 0 Å². The molecule has 0 atom stereocenters. The van der Waals surface area contributed by atoms with E-state index in [1.807, 2.05) is 48.5 Å². The van der Waals surface area contributed by atoms with E-state index in [9.17, 15) is 9.90 Å². The summed E-state index contributed by atoms with van der Waals surface area (Å²) in [5.41, 5.74) is 2.93. The van der Waals surface area contributed by atoms with Crippen molar-refractivity contribution in [1.82, 2.24) is 14.5 Å². The topological polar surface area (TPSA) is 80.0 Å². The Bertz CT molecular complexity index is 1230. The first kappa shape index (κ1) is 17.3. The van der Waals surface area contributed by atoms with E-state index in [1.54, 1.807) is 23.9 Å². The van der Waals surface area contributed by atoms with Crippen molar-refractivity contribution in [3.8, 4) is 17.7 Å². The first-order chi connectivity index (χ1) is 13.7. The van der Waals surface area contributed by atoms with Gasteiger partial charge in [0.15, 0.2) is 0 Å². The van der Waals surface area contributed by atoms with Gasteiger partial charge in [-0.3, -0.25) is 4.57 Å². The average molecular weight is 368 g/mol. The van der Waals surface area contributed by atoms with Crippen LogP contribution in [0.1, 0.15) is 21.5 Å². The van der Waals surface area contributed by atoms with Crippen molar-refractivity contribution < 1.29 is 9.90 Å². The summed E-state index contributed by atoms with van der Waals surface area (Å²) in [6.45, 7) is 0. The Morgan fingerprint density at radius 3 is 2.57 bits per heavy atom. The molecule has 0 aliphatic heterocycles. The number of nitrogens with one attached hydrogen (secondary N) is 1. The summed E-state index contributed by atoms with van der Waals surface area (Å²) in [5, 5.41) is 12.5. The number of imidazole rings is 1. The van der Waals surface area contributed by atoms with Crippen molar-refractivity contribution in [2.24, 2.45) is 0 Å². The predicted octanol–water partition coefficient (Wildman–Crippen LogP) is 3.56. The van der Waals surface area contributed by atoms with Gasteiger partial charge >= 0.3 is 5.97 Å². The molecule has 6 nitrogen and oxygen atoms in total. The molecule has 6 heteroatoms. The second-order valence-electron chi connectivity index (χ2n) is 6.02. The zero-order valence-corrected chi connectivity index (χ0v) is 15.0. The van der Waals surface area contributed by atoms with Gasteiger partial charge in [-0.1, -0.05) is 36.1 Å². The highest BCUT2D eigenvalue weighted by atomic mass is 16.4. The molecule has 0 amide bonds. The van der Waals surface area contributed by atoms with E-state index in [2.05, 4.69) is 27.1 Å². The first-order valence-electron chi connectivity index (χ1n) is 8.63. The van der Waals surface area contributed by atoms with Gasteiger partial charge in [-0.05, 0) is 36.4 Å².